The van der Waals surface area contributed by atoms with Crippen LogP contribution in [0.15, 0.2) is 5.18 Å². The van der Waals surface area contributed by atoms with E-state index < -0.39 is 23.6 Å². The third kappa shape index (κ3) is 4.90. The van der Waals surface area contributed by atoms with E-state index in [0.29, 0.717) is 5.01 Å². The van der Waals surface area contributed by atoms with Gasteiger partial charge in [-0.05, 0) is 26.7 Å². The Labute approximate surface area is 100 Å². The van der Waals surface area contributed by atoms with Gasteiger partial charge >= 0.3 is 12.0 Å². The molecule has 17 heavy (non-hydrogen) atoms. The molecule has 0 saturated heterocycles. The van der Waals surface area contributed by atoms with Crippen LogP contribution in [0.4, 0.5) is 4.79 Å². The summed E-state index contributed by atoms with van der Waals surface area (Å²) in [6.45, 7) is 8.31. The fourth-order valence-corrected chi connectivity index (χ4v) is 1.21. The number of hydrogen-bond donors (Lipinski definition) is 1. The normalized spacial score (nSPS) is 13.1. The lowest BCUT2D eigenvalue weighted by Crippen LogP contribution is -2.53. The van der Waals surface area contributed by atoms with Crippen LogP contribution in [0.3, 0.4) is 0 Å². The molecule has 2 amide bonds. The van der Waals surface area contributed by atoms with Crippen LogP contribution >= 0.6 is 0 Å². The first kappa shape index (κ1) is 15.5. The highest BCUT2D eigenvalue weighted by atomic mass is 16.6. The second kappa shape index (κ2) is 5.72. The first-order valence-corrected chi connectivity index (χ1v) is 5.24. The molecule has 98 valence electrons. The molecule has 0 saturated carbocycles. The second-order valence-corrected chi connectivity index (χ2v) is 5.01. The summed E-state index contributed by atoms with van der Waals surface area (Å²) in [6.07, 6.45) is -0.867. The van der Waals surface area contributed by atoms with Crippen molar-refractivity contribution in [2.45, 2.75) is 46.3 Å². The smallest absolute Gasteiger partial charge is 0.425 e. The Morgan fingerprint density at radius 2 is 1.76 bits per heavy atom. The molecule has 0 aliphatic carbocycles. The minimum atomic E-state index is -1.11. The van der Waals surface area contributed by atoms with Crippen molar-refractivity contribution in [2.24, 2.45) is 16.9 Å². The molecule has 0 spiro atoms. The number of nitroso groups, excluding NO2 is 1. The van der Waals surface area contributed by atoms with Crippen molar-refractivity contribution in [3.63, 3.8) is 0 Å². The first-order chi connectivity index (χ1) is 7.60. The molecule has 0 heterocycles. The average Bonchev–Trinajstić information content (AvgIpc) is 2.14. The number of ether oxygens (including phenoxy) is 1. The van der Waals surface area contributed by atoms with E-state index >= 15 is 0 Å². The van der Waals surface area contributed by atoms with E-state index in [0.717, 1.165) is 0 Å². The molecule has 0 aromatic rings. The third-order valence-electron chi connectivity index (χ3n) is 1.88. The van der Waals surface area contributed by atoms with Crippen molar-refractivity contribution in [3.05, 3.63) is 4.91 Å². The van der Waals surface area contributed by atoms with Gasteiger partial charge < -0.3 is 4.74 Å². The summed E-state index contributed by atoms with van der Waals surface area (Å²) in [5, 5.41) is 2.90. The Bertz CT molecular complexity index is 309. The fourth-order valence-electron chi connectivity index (χ4n) is 1.21. The van der Waals surface area contributed by atoms with Gasteiger partial charge in [-0.1, -0.05) is 13.8 Å². The Balaban J connectivity index is 4.85. The van der Waals surface area contributed by atoms with Crippen LogP contribution in [0.1, 0.15) is 34.6 Å². The monoisotopic (exact) mass is 245 g/mol. The first-order valence-electron chi connectivity index (χ1n) is 5.24. The average molecular weight is 245 g/mol. The van der Waals surface area contributed by atoms with Gasteiger partial charge in [0.1, 0.15) is 11.6 Å². The Morgan fingerprint density at radius 3 is 2.06 bits per heavy atom. The lowest BCUT2D eigenvalue weighted by atomic mass is 10.0. The van der Waals surface area contributed by atoms with E-state index in [9.17, 15) is 14.5 Å². The van der Waals surface area contributed by atoms with Gasteiger partial charge in [0.25, 0.3) is 0 Å². The molecule has 0 aromatic carbocycles. The van der Waals surface area contributed by atoms with E-state index in [4.69, 9.17) is 10.6 Å². The molecule has 0 aliphatic rings. The zero-order valence-electron chi connectivity index (χ0n) is 10.8. The van der Waals surface area contributed by atoms with Crippen molar-refractivity contribution in [2.75, 3.05) is 0 Å². The Morgan fingerprint density at radius 1 is 1.29 bits per heavy atom. The highest BCUT2D eigenvalue weighted by Gasteiger charge is 2.34. The predicted molar refractivity (Wildman–Crippen MR) is 61.7 cm³/mol. The largest absolute Gasteiger partial charge is 0.443 e. The van der Waals surface area contributed by atoms with Crippen molar-refractivity contribution < 1.29 is 14.3 Å². The molecule has 0 aliphatic heterocycles. The molecule has 1 atom stereocenters. The lowest BCUT2D eigenvalue weighted by molar-refractivity contribution is -0.124. The van der Waals surface area contributed by atoms with Gasteiger partial charge in [-0.15, -0.1) is 4.91 Å². The fraction of sp³-hybridized carbons (Fsp3) is 0.800. The van der Waals surface area contributed by atoms with Gasteiger partial charge in [-0.2, -0.15) is 0 Å². The molecular weight excluding hydrogens is 226 g/mol. The van der Waals surface area contributed by atoms with E-state index in [1.807, 2.05) is 0 Å². The molecule has 0 radical (unpaired) electrons. The summed E-state index contributed by atoms with van der Waals surface area (Å²) in [7, 11) is 0. The van der Waals surface area contributed by atoms with Crippen molar-refractivity contribution in [3.8, 4) is 0 Å². The van der Waals surface area contributed by atoms with Gasteiger partial charge in [0.15, 0.2) is 0 Å². The number of nitrogens with two attached hydrogens (primary N) is 1. The van der Waals surface area contributed by atoms with Crippen LogP contribution in [-0.4, -0.2) is 28.7 Å². The van der Waals surface area contributed by atoms with E-state index in [1.54, 1.807) is 34.6 Å². The highest BCUT2D eigenvalue weighted by molar-refractivity contribution is 5.86. The molecule has 7 heteroatoms. The molecule has 0 aromatic heterocycles. The molecule has 0 rings (SSSR count). The standard InChI is InChI=1S/C10H19N3O4/c1-6(2)7(8(14)12-16)13(11)9(15)17-10(3,4)5/h6-7H,11H2,1-5H3. The summed E-state index contributed by atoms with van der Waals surface area (Å²) in [4.78, 5) is 33.1. The van der Waals surface area contributed by atoms with Crippen LogP contribution in [0.25, 0.3) is 0 Å². The predicted octanol–water partition coefficient (Wildman–Crippen LogP) is 1.41. The number of carbonyl (C=O) groups excluding carboxylic acids is 2. The van der Waals surface area contributed by atoms with Crippen LogP contribution < -0.4 is 5.84 Å². The van der Waals surface area contributed by atoms with Gasteiger partial charge in [0.05, 0.1) is 0 Å². The molecule has 0 bridgehead atoms. The SMILES string of the molecule is CC(C)C(C(=O)N=O)N(N)C(=O)OC(C)(C)C. The number of hydrogen-bond acceptors (Lipinski definition) is 5. The maximum absolute atomic E-state index is 11.6. The number of rotatable bonds is 3. The number of amides is 2. The van der Waals surface area contributed by atoms with Crippen LogP contribution in [-0.2, 0) is 9.53 Å². The van der Waals surface area contributed by atoms with E-state index in [1.165, 1.54) is 0 Å². The molecule has 0 fully saturated rings. The Kier molecular flexibility index (Phi) is 5.21. The zero-order valence-corrected chi connectivity index (χ0v) is 10.8. The van der Waals surface area contributed by atoms with Gasteiger partial charge in [-0.25, -0.2) is 15.6 Å². The number of carbonyl (C=O) groups is 2. The van der Waals surface area contributed by atoms with Crippen molar-refractivity contribution >= 4 is 12.0 Å². The second-order valence-electron chi connectivity index (χ2n) is 5.01. The number of nitrogens with zero attached hydrogens (tertiary/aromatic N) is 2. The van der Waals surface area contributed by atoms with Crippen LogP contribution in [0.5, 0.6) is 0 Å². The molecular formula is C10H19N3O4. The van der Waals surface area contributed by atoms with Gasteiger partial charge in [0.2, 0.25) is 0 Å². The van der Waals surface area contributed by atoms with Crippen LogP contribution in [0.2, 0.25) is 0 Å². The summed E-state index contributed by atoms with van der Waals surface area (Å²) in [5.74, 6) is 4.16. The molecule has 7 nitrogen and oxygen atoms in total. The topological polar surface area (TPSA) is 102 Å². The number of hydrazine groups is 1. The summed E-state index contributed by atoms with van der Waals surface area (Å²) in [5.41, 5.74) is -0.728. The molecule has 1 unspecified atom stereocenters. The van der Waals surface area contributed by atoms with E-state index in [2.05, 4.69) is 5.18 Å². The zero-order chi connectivity index (χ0) is 13.8. The highest BCUT2D eigenvalue weighted by Crippen LogP contribution is 2.14. The lowest BCUT2D eigenvalue weighted by Gasteiger charge is -2.29. The van der Waals surface area contributed by atoms with Crippen LogP contribution in [0, 0.1) is 10.8 Å². The van der Waals surface area contributed by atoms with Crippen molar-refractivity contribution in [1.82, 2.24) is 5.01 Å². The van der Waals surface area contributed by atoms with E-state index in [-0.39, 0.29) is 5.92 Å². The summed E-state index contributed by atoms with van der Waals surface area (Å²) >= 11 is 0. The molecule has 2 N–H and O–H groups in total. The third-order valence-corrected chi connectivity index (χ3v) is 1.88. The van der Waals surface area contributed by atoms with Crippen molar-refractivity contribution in [1.29, 1.82) is 0 Å². The maximum Gasteiger partial charge on any atom is 0.425 e. The summed E-state index contributed by atoms with van der Waals surface area (Å²) in [6, 6.07) is -1.11. The maximum atomic E-state index is 11.6. The Hall–Kier alpha value is -1.50. The minimum absolute atomic E-state index is 0.335. The van der Waals surface area contributed by atoms with Gasteiger partial charge in [-0.3, -0.25) is 4.79 Å². The minimum Gasteiger partial charge on any atom is -0.443 e. The van der Waals surface area contributed by atoms with Gasteiger partial charge in [0, 0.05) is 5.18 Å². The quantitative estimate of drug-likeness (QED) is 0.350. The summed E-state index contributed by atoms with van der Waals surface area (Å²) < 4.78 is 4.99.